The van der Waals surface area contributed by atoms with Gasteiger partial charge in [-0.3, -0.25) is 4.79 Å². The Labute approximate surface area is 105 Å². The number of hydrogen-bond donors (Lipinski definition) is 2. The van der Waals surface area contributed by atoms with Crippen molar-refractivity contribution in [3.05, 3.63) is 29.6 Å². The number of rotatable bonds is 2. The second-order valence-corrected chi connectivity index (χ2v) is 4.43. The molecule has 1 heterocycles. The summed E-state index contributed by atoms with van der Waals surface area (Å²) in [6.07, 6.45) is 0.755. The molecule has 1 fully saturated rings. The second-order valence-electron chi connectivity index (χ2n) is 4.43. The van der Waals surface area contributed by atoms with Crippen molar-refractivity contribution >= 4 is 11.6 Å². The molecule has 0 bridgehead atoms. The van der Waals surface area contributed by atoms with Gasteiger partial charge in [-0.1, -0.05) is 0 Å². The van der Waals surface area contributed by atoms with Gasteiger partial charge in [-0.05, 0) is 38.1 Å². The lowest BCUT2D eigenvalue weighted by molar-refractivity contribution is -0.120. The zero-order valence-corrected chi connectivity index (χ0v) is 10.0. The van der Waals surface area contributed by atoms with Crippen LogP contribution in [-0.4, -0.2) is 18.5 Å². The van der Waals surface area contributed by atoms with E-state index in [2.05, 4.69) is 10.6 Å². The smallest absolute Gasteiger partial charge is 0.229 e. The van der Waals surface area contributed by atoms with Crippen molar-refractivity contribution in [1.29, 1.82) is 5.26 Å². The topological polar surface area (TPSA) is 64.9 Å². The Morgan fingerprint density at radius 2 is 2.39 bits per heavy atom. The summed E-state index contributed by atoms with van der Waals surface area (Å²) in [6, 6.07) is 5.96. The van der Waals surface area contributed by atoms with Gasteiger partial charge in [-0.25, -0.2) is 4.39 Å². The first kappa shape index (κ1) is 12.5. The minimum Gasteiger partial charge on any atom is -0.323 e. The van der Waals surface area contributed by atoms with E-state index in [0.717, 1.165) is 19.0 Å². The van der Waals surface area contributed by atoms with Crippen LogP contribution in [0, 0.1) is 23.1 Å². The predicted molar refractivity (Wildman–Crippen MR) is 65.3 cm³/mol. The molecule has 0 aromatic heterocycles. The van der Waals surface area contributed by atoms with Crippen molar-refractivity contribution in [2.24, 2.45) is 5.92 Å². The summed E-state index contributed by atoms with van der Waals surface area (Å²) < 4.78 is 13.6. The molecule has 0 spiro atoms. The van der Waals surface area contributed by atoms with Crippen LogP contribution < -0.4 is 10.6 Å². The van der Waals surface area contributed by atoms with E-state index in [1.807, 2.05) is 13.0 Å². The van der Waals surface area contributed by atoms with E-state index in [9.17, 15) is 9.18 Å². The van der Waals surface area contributed by atoms with Crippen LogP contribution in [0.4, 0.5) is 10.1 Å². The highest BCUT2D eigenvalue weighted by Crippen LogP contribution is 2.20. The highest BCUT2D eigenvalue weighted by molar-refractivity contribution is 5.93. The third-order valence-electron chi connectivity index (χ3n) is 3.22. The van der Waals surface area contributed by atoms with Gasteiger partial charge in [-0.2, -0.15) is 5.26 Å². The molecule has 2 unspecified atom stereocenters. The standard InChI is InChI=1S/C13H14FN3O/c1-8-10(4-5-16-8)13(18)17-12-3-2-9(7-15)6-11(12)14/h2-3,6,8,10,16H,4-5H2,1H3,(H,17,18). The molecule has 1 saturated heterocycles. The fraction of sp³-hybridized carbons (Fsp3) is 0.385. The fourth-order valence-electron chi connectivity index (χ4n) is 2.13. The Balaban J connectivity index is 2.10. The van der Waals surface area contributed by atoms with Crippen molar-refractivity contribution in [3.8, 4) is 6.07 Å². The first-order chi connectivity index (χ1) is 8.61. The van der Waals surface area contributed by atoms with Crippen molar-refractivity contribution in [2.75, 3.05) is 11.9 Å². The zero-order chi connectivity index (χ0) is 13.1. The van der Waals surface area contributed by atoms with Gasteiger partial charge in [0.1, 0.15) is 5.82 Å². The Hall–Kier alpha value is -1.93. The maximum atomic E-state index is 13.6. The van der Waals surface area contributed by atoms with Crippen LogP contribution >= 0.6 is 0 Å². The molecule has 1 amide bonds. The Bertz CT molecular complexity index is 509. The maximum absolute atomic E-state index is 13.6. The van der Waals surface area contributed by atoms with Gasteiger partial charge < -0.3 is 10.6 Å². The van der Waals surface area contributed by atoms with E-state index in [1.165, 1.54) is 12.1 Å². The van der Waals surface area contributed by atoms with Gasteiger partial charge in [0, 0.05) is 6.04 Å². The molecule has 2 rings (SSSR count). The average Bonchev–Trinajstić information content (AvgIpc) is 2.78. The highest BCUT2D eigenvalue weighted by atomic mass is 19.1. The van der Waals surface area contributed by atoms with Crippen LogP contribution in [0.25, 0.3) is 0 Å². The molecule has 4 nitrogen and oxygen atoms in total. The van der Waals surface area contributed by atoms with Crippen LogP contribution in [0.1, 0.15) is 18.9 Å². The number of halogens is 1. The number of nitrogens with one attached hydrogen (secondary N) is 2. The van der Waals surface area contributed by atoms with E-state index in [1.54, 1.807) is 0 Å². The first-order valence-electron chi connectivity index (χ1n) is 5.85. The van der Waals surface area contributed by atoms with Crippen LogP contribution in [0.5, 0.6) is 0 Å². The van der Waals surface area contributed by atoms with E-state index < -0.39 is 5.82 Å². The summed E-state index contributed by atoms with van der Waals surface area (Å²) >= 11 is 0. The van der Waals surface area contributed by atoms with E-state index in [0.29, 0.717) is 0 Å². The Kier molecular flexibility index (Phi) is 3.58. The number of hydrogen-bond acceptors (Lipinski definition) is 3. The molecule has 2 atom stereocenters. The van der Waals surface area contributed by atoms with Crippen molar-refractivity contribution in [1.82, 2.24) is 5.32 Å². The quantitative estimate of drug-likeness (QED) is 0.834. The van der Waals surface area contributed by atoms with Gasteiger partial charge >= 0.3 is 0 Å². The van der Waals surface area contributed by atoms with Crippen LogP contribution in [-0.2, 0) is 4.79 Å². The third kappa shape index (κ3) is 2.49. The minimum atomic E-state index is -0.582. The van der Waals surface area contributed by atoms with Crippen molar-refractivity contribution < 1.29 is 9.18 Å². The van der Waals surface area contributed by atoms with Crippen LogP contribution in [0.2, 0.25) is 0 Å². The molecule has 1 aromatic rings. The minimum absolute atomic E-state index is 0.103. The number of anilines is 1. The molecular weight excluding hydrogens is 233 g/mol. The summed E-state index contributed by atoms with van der Waals surface area (Å²) in [5.41, 5.74) is 0.361. The third-order valence-corrected chi connectivity index (χ3v) is 3.22. The molecule has 94 valence electrons. The molecule has 1 aromatic carbocycles. The van der Waals surface area contributed by atoms with Crippen molar-refractivity contribution in [3.63, 3.8) is 0 Å². The Morgan fingerprint density at radius 1 is 1.61 bits per heavy atom. The molecule has 0 radical (unpaired) electrons. The highest BCUT2D eigenvalue weighted by Gasteiger charge is 2.29. The van der Waals surface area contributed by atoms with E-state index in [4.69, 9.17) is 5.26 Å². The zero-order valence-electron chi connectivity index (χ0n) is 10.0. The predicted octanol–water partition coefficient (Wildman–Crippen LogP) is 1.63. The van der Waals surface area contributed by atoms with Gasteiger partial charge in [0.25, 0.3) is 0 Å². The molecule has 2 N–H and O–H groups in total. The molecule has 5 heteroatoms. The first-order valence-corrected chi connectivity index (χ1v) is 5.85. The van der Waals surface area contributed by atoms with Gasteiger partial charge in [0.2, 0.25) is 5.91 Å². The average molecular weight is 247 g/mol. The molecule has 18 heavy (non-hydrogen) atoms. The Morgan fingerprint density at radius 3 is 2.94 bits per heavy atom. The summed E-state index contributed by atoms with van der Waals surface area (Å²) in [5, 5.41) is 14.4. The SMILES string of the molecule is CC1NCCC1C(=O)Nc1ccc(C#N)cc1F. The number of carbonyl (C=O) groups excluding carboxylic acids is 1. The number of carbonyl (C=O) groups is 1. The van der Waals surface area contributed by atoms with Gasteiger partial charge in [0.05, 0.1) is 23.2 Å². The number of nitrogens with zero attached hydrogens (tertiary/aromatic N) is 1. The molecular formula is C13H14FN3O. The summed E-state index contributed by atoms with van der Waals surface area (Å²) in [7, 11) is 0. The fourth-order valence-corrected chi connectivity index (χ4v) is 2.13. The van der Waals surface area contributed by atoms with Crippen LogP contribution in [0.15, 0.2) is 18.2 Å². The van der Waals surface area contributed by atoms with E-state index >= 15 is 0 Å². The summed E-state index contributed by atoms with van der Waals surface area (Å²) in [5.74, 6) is -0.905. The lowest BCUT2D eigenvalue weighted by Gasteiger charge is -2.15. The van der Waals surface area contributed by atoms with Gasteiger partial charge in [0.15, 0.2) is 0 Å². The molecule has 1 aliphatic heterocycles. The normalized spacial score (nSPS) is 22.5. The number of benzene rings is 1. The van der Waals surface area contributed by atoms with Crippen molar-refractivity contribution in [2.45, 2.75) is 19.4 Å². The molecule has 1 aliphatic rings. The summed E-state index contributed by atoms with van der Waals surface area (Å²) in [6.45, 7) is 2.74. The number of amides is 1. The van der Waals surface area contributed by atoms with Crippen LogP contribution in [0.3, 0.4) is 0 Å². The summed E-state index contributed by atoms with van der Waals surface area (Å²) in [4.78, 5) is 11.9. The lowest BCUT2D eigenvalue weighted by Crippen LogP contribution is -2.32. The largest absolute Gasteiger partial charge is 0.323 e. The van der Waals surface area contributed by atoms with Gasteiger partial charge in [-0.15, -0.1) is 0 Å². The second kappa shape index (κ2) is 5.15. The molecule has 0 aliphatic carbocycles. The maximum Gasteiger partial charge on any atom is 0.229 e. The van der Waals surface area contributed by atoms with E-state index in [-0.39, 0.29) is 29.1 Å². The molecule has 0 saturated carbocycles. The number of nitriles is 1. The monoisotopic (exact) mass is 247 g/mol. The lowest BCUT2D eigenvalue weighted by atomic mass is 10.0.